The Balaban J connectivity index is 1.62. The summed E-state index contributed by atoms with van der Waals surface area (Å²) >= 11 is 0. The summed E-state index contributed by atoms with van der Waals surface area (Å²) in [5.41, 5.74) is 5.50. The Morgan fingerprint density at radius 2 is 2.00 bits per heavy atom. The molecule has 25 heavy (non-hydrogen) atoms. The van der Waals surface area contributed by atoms with E-state index in [0.29, 0.717) is 31.9 Å². The van der Waals surface area contributed by atoms with E-state index in [-0.39, 0.29) is 35.3 Å². The zero-order valence-electron chi connectivity index (χ0n) is 14.2. The molecule has 3 rings (SSSR count). The SMILES string of the molecule is COc1ccc(C(=O)N2CCC([C@H]3OCC[C@@H]3C(N)=O)CC2)c(F)c1. The first-order chi connectivity index (χ1) is 12.0. The van der Waals surface area contributed by atoms with Gasteiger partial charge in [-0.1, -0.05) is 0 Å². The van der Waals surface area contributed by atoms with E-state index < -0.39 is 5.82 Å². The van der Waals surface area contributed by atoms with Crippen LogP contribution >= 0.6 is 0 Å². The number of ether oxygens (including phenoxy) is 2. The maximum atomic E-state index is 14.1. The molecule has 1 aromatic carbocycles. The van der Waals surface area contributed by atoms with Crippen LogP contribution in [-0.2, 0) is 9.53 Å². The van der Waals surface area contributed by atoms with Crippen molar-refractivity contribution in [1.29, 1.82) is 0 Å². The summed E-state index contributed by atoms with van der Waals surface area (Å²) in [5.74, 6) is -0.891. The van der Waals surface area contributed by atoms with Crippen LogP contribution in [0.1, 0.15) is 29.6 Å². The van der Waals surface area contributed by atoms with E-state index in [1.54, 1.807) is 11.0 Å². The van der Waals surface area contributed by atoms with E-state index in [4.69, 9.17) is 15.2 Å². The van der Waals surface area contributed by atoms with Crippen LogP contribution in [0.25, 0.3) is 0 Å². The summed E-state index contributed by atoms with van der Waals surface area (Å²) in [4.78, 5) is 25.7. The lowest BCUT2D eigenvalue weighted by atomic mass is 9.84. The molecule has 2 N–H and O–H groups in total. The highest BCUT2D eigenvalue weighted by molar-refractivity contribution is 5.94. The lowest BCUT2D eigenvalue weighted by Crippen LogP contribution is -2.44. The predicted octanol–water partition coefficient (Wildman–Crippen LogP) is 1.58. The molecule has 6 nitrogen and oxygen atoms in total. The molecule has 2 atom stereocenters. The van der Waals surface area contributed by atoms with E-state index in [1.165, 1.54) is 19.2 Å². The van der Waals surface area contributed by atoms with Crippen molar-refractivity contribution in [3.63, 3.8) is 0 Å². The molecule has 0 aliphatic carbocycles. The van der Waals surface area contributed by atoms with Gasteiger partial charge in [0.2, 0.25) is 5.91 Å². The van der Waals surface area contributed by atoms with E-state index >= 15 is 0 Å². The third-order valence-corrected chi connectivity index (χ3v) is 5.20. The Hall–Kier alpha value is -2.15. The number of rotatable bonds is 4. The molecular weight excluding hydrogens is 327 g/mol. The first-order valence-corrected chi connectivity index (χ1v) is 8.55. The van der Waals surface area contributed by atoms with Crippen LogP contribution in [0.2, 0.25) is 0 Å². The molecule has 7 heteroatoms. The van der Waals surface area contributed by atoms with E-state index in [2.05, 4.69) is 0 Å². The quantitative estimate of drug-likeness (QED) is 0.894. The van der Waals surface area contributed by atoms with Gasteiger partial charge < -0.3 is 20.1 Å². The third kappa shape index (κ3) is 3.61. The van der Waals surface area contributed by atoms with Crippen molar-refractivity contribution in [3.8, 4) is 5.75 Å². The number of likely N-dealkylation sites (tertiary alicyclic amines) is 1. The van der Waals surface area contributed by atoms with Crippen LogP contribution in [0.15, 0.2) is 18.2 Å². The van der Waals surface area contributed by atoms with Crippen molar-refractivity contribution in [2.75, 3.05) is 26.8 Å². The second-order valence-corrected chi connectivity index (χ2v) is 6.61. The van der Waals surface area contributed by atoms with Crippen molar-refractivity contribution in [1.82, 2.24) is 4.90 Å². The monoisotopic (exact) mass is 350 g/mol. The summed E-state index contributed by atoms with van der Waals surface area (Å²) < 4.78 is 24.8. The zero-order valence-corrected chi connectivity index (χ0v) is 14.2. The zero-order chi connectivity index (χ0) is 18.0. The van der Waals surface area contributed by atoms with Crippen molar-refractivity contribution in [2.45, 2.75) is 25.4 Å². The Morgan fingerprint density at radius 3 is 2.60 bits per heavy atom. The number of amides is 2. The van der Waals surface area contributed by atoms with Gasteiger partial charge in [0, 0.05) is 25.8 Å². The van der Waals surface area contributed by atoms with Crippen molar-refractivity contribution >= 4 is 11.8 Å². The lowest BCUT2D eigenvalue weighted by Gasteiger charge is -2.35. The Kier molecular flexibility index (Phi) is 5.22. The molecule has 0 aromatic heterocycles. The standard InChI is InChI=1S/C18H23FN2O4/c1-24-12-2-3-13(15(19)10-12)18(23)21-7-4-11(5-8-21)16-14(17(20)22)6-9-25-16/h2-3,10-11,14,16H,4-9H2,1H3,(H2,20,22)/t14-,16+/m0/s1. The Bertz CT molecular complexity index is 658. The first kappa shape index (κ1) is 17.7. The third-order valence-electron chi connectivity index (χ3n) is 5.20. The number of methoxy groups -OCH3 is 1. The topological polar surface area (TPSA) is 81.9 Å². The minimum atomic E-state index is -0.584. The fraction of sp³-hybridized carbons (Fsp3) is 0.556. The van der Waals surface area contributed by atoms with Crippen LogP contribution in [0.4, 0.5) is 4.39 Å². The molecule has 2 aliphatic heterocycles. The van der Waals surface area contributed by atoms with Gasteiger partial charge in [0.1, 0.15) is 11.6 Å². The number of carbonyl (C=O) groups excluding carboxylic acids is 2. The van der Waals surface area contributed by atoms with Gasteiger partial charge in [0.25, 0.3) is 5.91 Å². The number of nitrogens with zero attached hydrogens (tertiary/aromatic N) is 1. The van der Waals surface area contributed by atoms with Gasteiger partial charge >= 0.3 is 0 Å². The van der Waals surface area contributed by atoms with Gasteiger partial charge in [0.15, 0.2) is 0 Å². The second kappa shape index (κ2) is 7.39. The van der Waals surface area contributed by atoms with Gasteiger partial charge in [0.05, 0.1) is 24.7 Å². The number of piperidine rings is 1. The summed E-state index contributed by atoms with van der Waals surface area (Å²) in [7, 11) is 1.45. The van der Waals surface area contributed by atoms with Crippen molar-refractivity contribution < 1.29 is 23.5 Å². The number of hydrogen-bond donors (Lipinski definition) is 1. The highest BCUT2D eigenvalue weighted by Crippen LogP contribution is 2.33. The van der Waals surface area contributed by atoms with Gasteiger partial charge in [-0.3, -0.25) is 9.59 Å². The smallest absolute Gasteiger partial charge is 0.256 e. The van der Waals surface area contributed by atoms with Crippen LogP contribution in [0, 0.1) is 17.7 Å². The predicted molar refractivity (Wildman–Crippen MR) is 88.6 cm³/mol. The van der Waals surface area contributed by atoms with Crippen LogP contribution in [0.3, 0.4) is 0 Å². The van der Waals surface area contributed by atoms with Gasteiger partial charge in [-0.2, -0.15) is 0 Å². The fourth-order valence-electron chi connectivity index (χ4n) is 3.78. The highest BCUT2D eigenvalue weighted by atomic mass is 19.1. The van der Waals surface area contributed by atoms with Crippen LogP contribution in [0.5, 0.6) is 5.75 Å². The van der Waals surface area contributed by atoms with E-state index in [1.807, 2.05) is 0 Å². The Morgan fingerprint density at radius 1 is 1.28 bits per heavy atom. The van der Waals surface area contributed by atoms with Crippen LogP contribution < -0.4 is 10.5 Å². The molecule has 0 bridgehead atoms. The summed E-state index contributed by atoms with van der Waals surface area (Å²) in [5, 5.41) is 0. The first-order valence-electron chi connectivity index (χ1n) is 8.55. The van der Waals surface area contributed by atoms with Gasteiger partial charge in [-0.15, -0.1) is 0 Å². The number of hydrogen-bond acceptors (Lipinski definition) is 4. The molecule has 2 fully saturated rings. The molecule has 2 aliphatic rings. The molecule has 0 unspecified atom stereocenters. The number of primary amides is 1. The molecule has 0 radical (unpaired) electrons. The average Bonchev–Trinajstić information content (AvgIpc) is 3.11. The Labute approximate surface area is 146 Å². The fourth-order valence-corrected chi connectivity index (χ4v) is 3.78. The largest absolute Gasteiger partial charge is 0.497 e. The summed E-state index contributed by atoms with van der Waals surface area (Å²) in [6, 6.07) is 4.24. The number of benzene rings is 1. The molecular formula is C18H23FN2O4. The average molecular weight is 350 g/mol. The minimum Gasteiger partial charge on any atom is -0.497 e. The summed E-state index contributed by atoms with van der Waals surface area (Å²) in [6.07, 6.45) is 1.94. The van der Waals surface area contributed by atoms with Crippen molar-refractivity contribution in [2.24, 2.45) is 17.6 Å². The normalized spacial score (nSPS) is 24.3. The highest BCUT2D eigenvalue weighted by Gasteiger charge is 2.40. The van der Waals surface area contributed by atoms with Gasteiger partial charge in [-0.25, -0.2) is 4.39 Å². The maximum Gasteiger partial charge on any atom is 0.256 e. The molecule has 0 spiro atoms. The second-order valence-electron chi connectivity index (χ2n) is 6.61. The molecule has 1 aromatic rings. The molecule has 2 saturated heterocycles. The maximum absolute atomic E-state index is 14.1. The molecule has 136 valence electrons. The van der Waals surface area contributed by atoms with E-state index in [9.17, 15) is 14.0 Å². The summed E-state index contributed by atoms with van der Waals surface area (Å²) in [6.45, 7) is 1.58. The molecule has 2 amide bonds. The molecule has 2 heterocycles. The number of carbonyl (C=O) groups is 2. The molecule has 0 saturated carbocycles. The number of nitrogens with two attached hydrogens (primary N) is 1. The minimum absolute atomic E-state index is 0.0476. The van der Waals surface area contributed by atoms with Crippen LogP contribution in [-0.4, -0.2) is 49.6 Å². The van der Waals surface area contributed by atoms with Gasteiger partial charge in [-0.05, 0) is 37.3 Å². The number of halogens is 1. The lowest BCUT2D eigenvalue weighted by molar-refractivity contribution is -0.124. The van der Waals surface area contributed by atoms with E-state index in [0.717, 1.165) is 12.8 Å². The van der Waals surface area contributed by atoms with Crippen molar-refractivity contribution in [3.05, 3.63) is 29.6 Å².